The molecule has 2 unspecified atom stereocenters. The third kappa shape index (κ3) is 3.11. The highest BCUT2D eigenvalue weighted by molar-refractivity contribution is 6.25. The largest absolute Gasteiger partial charge is 0.324 e. The topological polar surface area (TPSA) is 94.4 Å². The molecule has 2 aromatic rings. The minimum Gasteiger partial charge on any atom is -0.324 e. The minimum absolute atomic E-state index is 0.285. The summed E-state index contributed by atoms with van der Waals surface area (Å²) in [6.07, 6.45) is 0. The SMILES string of the molecule is Cc1ccc(N2C(=O)C3N=NN(CC(=O)Nc4cccc(F)c4)C3C2=O)cc1. The van der Waals surface area contributed by atoms with E-state index in [-0.39, 0.29) is 12.2 Å². The molecule has 28 heavy (non-hydrogen) atoms. The molecule has 8 nitrogen and oxygen atoms in total. The fourth-order valence-electron chi connectivity index (χ4n) is 3.22. The molecule has 1 saturated heterocycles. The van der Waals surface area contributed by atoms with Crippen molar-refractivity contribution >= 4 is 29.1 Å². The maximum absolute atomic E-state index is 13.2. The predicted octanol–water partition coefficient (Wildman–Crippen LogP) is 2.07. The second-order valence-corrected chi connectivity index (χ2v) is 6.60. The summed E-state index contributed by atoms with van der Waals surface area (Å²) in [7, 11) is 0. The van der Waals surface area contributed by atoms with Crippen molar-refractivity contribution in [2.75, 3.05) is 16.8 Å². The van der Waals surface area contributed by atoms with Crippen LogP contribution in [-0.4, -0.2) is 41.4 Å². The van der Waals surface area contributed by atoms with E-state index in [1.165, 1.54) is 23.2 Å². The first kappa shape index (κ1) is 17.8. The van der Waals surface area contributed by atoms with Gasteiger partial charge in [0.2, 0.25) is 5.91 Å². The van der Waals surface area contributed by atoms with Crippen molar-refractivity contribution in [3.8, 4) is 0 Å². The number of benzene rings is 2. The Balaban J connectivity index is 1.48. The van der Waals surface area contributed by atoms with Crippen LogP contribution in [0.15, 0.2) is 58.9 Å². The average Bonchev–Trinajstić information content (AvgIpc) is 3.16. The number of amides is 3. The molecule has 0 aliphatic carbocycles. The molecule has 3 amide bonds. The van der Waals surface area contributed by atoms with Gasteiger partial charge in [-0.2, -0.15) is 5.11 Å². The van der Waals surface area contributed by atoms with E-state index >= 15 is 0 Å². The number of carbonyl (C=O) groups is 3. The Morgan fingerprint density at radius 1 is 1.14 bits per heavy atom. The Morgan fingerprint density at radius 3 is 2.61 bits per heavy atom. The first-order chi connectivity index (χ1) is 13.4. The summed E-state index contributed by atoms with van der Waals surface area (Å²) < 4.78 is 13.2. The van der Waals surface area contributed by atoms with E-state index in [9.17, 15) is 18.8 Å². The molecule has 2 aliphatic rings. The standard InChI is InChI=1S/C19H16FN5O3/c1-11-5-7-14(8-6-11)25-18(27)16-17(19(25)28)24(23-22-16)10-15(26)21-13-4-2-3-12(20)9-13/h2-9,16-17H,10H2,1H3,(H,21,26). The smallest absolute Gasteiger partial charge is 0.263 e. The molecule has 2 atom stereocenters. The van der Waals surface area contributed by atoms with Crippen molar-refractivity contribution in [1.29, 1.82) is 0 Å². The van der Waals surface area contributed by atoms with E-state index in [4.69, 9.17) is 0 Å². The van der Waals surface area contributed by atoms with Crippen LogP contribution in [0.25, 0.3) is 0 Å². The summed E-state index contributed by atoms with van der Waals surface area (Å²) in [5.74, 6) is -1.94. The third-order valence-electron chi connectivity index (χ3n) is 4.56. The van der Waals surface area contributed by atoms with E-state index in [0.717, 1.165) is 10.5 Å². The van der Waals surface area contributed by atoms with Crippen LogP contribution < -0.4 is 10.2 Å². The number of fused-ring (bicyclic) bond motifs is 1. The zero-order valence-corrected chi connectivity index (χ0v) is 14.9. The molecular weight excluding hydrogens is 365 g/mol. The molecule has 0 radical (unpaired) electrons. The molecule has 0 aromatic heterocycles. The molecule has 1 N–H and O–H groups in total. The van der Waals surface area contributed by atoms with Crippen molar-refractivity contribution < 1.29 is 18.8 Å². The Morgan fingerprint density at radius 2 is 1.89 bits per heavy atom. The van der Waals surface area contributed by atoms with Crippen molar-refractivity contribution in [2.24, 2.45) is 10.3 Å². The van der Waals surface area contributed by atoms with Gasteiger partial charge in [0, 0.05) is 5.69 Å². The highest BCUT2D eigenvalue weighted by atomic mass is 19.1. The summed E-state index contributed by atoms with van der Waals surface area (Å²) in [4.78, 5) is 38.8. The fraction of sp³-hybridized carbons (Fsp3) is 0.211. The van der Waals surface area contributed by atoms with Crippen molar-refractivity contribution in [3.05, 3.63) is 59.9 Å². The maximum Gasteiger partial charge on any atom is 0.263 e. The van der Waals surface area contributed by atoms with Gasteiger partial charge in [-0.05, 0) is 37.3 Å². The predicted molar refractivity (Wildman–Crippen MR) is 97.8 cm³/mol. The van der Waals surface area contributed by atoms with Crippen molar-refractivity contribution in [2.45, 2.75) is 19.0 Å². The lowest BCUT2D eigenvalue weighted by atomic mass is 10.1. The van der Waals surface area contributed by atoms with Gasteiger partial charge in [0.25, 0.3) is 11.8 Å². The van der Waals surface area contributed by atoms with Gasteiger partial charge < -0.3 is 5.32 Å². The number of imide groups is 1. The van der Waals surface area contributed by atoms with Gasteiger partial charge in [0.1, 0.15) is 12.4 Å². The zero-order valence-electron chi connectivity index (χ0n) is 14.9. The van der Waals surface area contributed by atoms with Gasteiger partial charge in [0.15, 0.2) is 12.1 Å². The molecule has 1 fully saturated rings. The average molecular weight is 381 g/mol. The van der Waals surface area contributed by atoms with Gasteiger partial charge in [-0.25, -0.2) is 9.29 Å². The molecule has 2 aliphatic heterocycles. The van der Waals surface area contributed by atoms with Gasteiger partial charge in [-0.3, -0.25) is 19.4 Å². The molecule has 4 rings (SSSR count). The summed E-state index contributed by atoms with van der Waals surface area (Å²) in [6, 6.07) is 10.5. The molecule has 9 heteroatoms. The molecule has 2 heterocycles. The van der Waals surface area contributed by atoms with Crippen LogP contribution >= 0.6 is 0 Å². The van der Waals surface area contributed by atoms with Crippen LogP contribution in [-0.2, 0) is 14.4 Å². The Hall–Kier alpha value is -3.62. The number of aryl methyl sites for hydroxylation is 1. The number of rotatable bonds is 4. The maximum atomic E-state index is 13.2. The summed E-state index contributed by atoms with van der Waals surface area (Å²) >= 11 is 0. The van der Waals surface area contributed by atoms with Crippen LogP contribution in [0.3, 0.4) is 0 Å². The molecule has 2 aromatic carbocycles. The van der Waals surface area contributed by atoms with Crippen molar-refractivity contribution in [1.82, 2.24) is 5.01 Å². The number of halogens is 1. The first-order valence-electron chi connectivity index (χ1n) is 8.61. The van der Waals surface area contributed by atoms with Gasteiger partial charge in [-0.15, -0.1) is 0 Å². The number of anilines is 2. The zero-order chi connectivity index (χ0) is 19.8. The molecule has 0 bridgehead atoms. The van der Waals surface area contributed by atoms with Gasteiger partial charge in [-0.1, -0.05) is 29.0 Å². The number of nitrogens with one attached hydrogen (secondary N) is 1. The molecular formula is C19H16FN5O3. The van der Waals surface area contributed by atoms with Crippen LogP contribution in [0.1, 0.15) is 5.56 Å². The molecule has 142 valence electrons. The monoisotopic (exact) mass is 381 g/mol. The summed E-state index contributed by atoms with van der Waals surface area (Å²) in [5, 5.41) is 11.4. The highest BCUT2D eigenvalue weighted by Gasteiger charge is 2.55. The number of nitrogens with zero attached hydrogens (tertiary/aromatic N) is 4. The second kappa shape index (κ2) is 6.84. The molecule has 0 spiro atoms. The van der Waals surface area contributed by atoms with E-state index in [1.807, 2.05) is 6.92 Å². The third-order valence-corrected chi connectivity index (χ3v) is 4.56. The van der Waals surface area contributed by atoms with E-state index < -0.39 is 35.6 Å². The van der Waals surface area contributed by atoms with Crippen molar-refractivity contribution in [3.63, 3.8) is 0 Å². The normalized spacial score (nSPS) is 20.6. The highest BCUT2D eigenvalue weighted by Crippen LogP contribution is 2.31. The first-order valence-corrected chi connectivity index (χ1v) is 8.61. The molecule has 0 saturated carbocycles. The lowest BCUT2D eigenvalue weighted by Crippen LogP contribution is -2.43. The van der Waals surface area contributed by atoms with E-state index in [0.29, 0.717) is 5.69 Å². The fourth-order valence-corrected chi connectivity index (χ4v) is 3.22. The summed E-state index contributed by atoms with van der Waals surface area (Å²) in [5.41, 5.74) is 1.74. The quantitative estimate of drug-likeness (QED) is 0.821. The van der Waals surface area contributed by atoms with Crippen LogP contribution in [0.5, 0.6) is 0 Å². The van der Waals surface area contributed by atoms with Crippen LogP contribution in [0.4, 0.5) is 15.8 Å². The Bertz CT molecular complexity index is 991. The lowest BCUT2D eigenvalue weighted by molar-refractivity contribution is -0.123. The second-order valence-electron chi connectivity index (χ2n) is 6.60. The minimum atomic E-state index is -0.976. The van der Waals surface area contributed by atoms with Gasteiger partial charge in [0.05, 0.1) is 5.69 Å². The Kier molecular flexibility index (Phi) is 4.34. The number of hydrogen-bond acceptors (Lipinski definition) is 6. The van der Waals surface area contributed by atoms with Crippen LogP contribution in [0.2, 0.25) is 0 Å². The van der Waals surface area contributed by atoms with Gasteiger partial charge >= 0.3 is 0 Å². The Labute approximate surface area is 159 Å². The summed E-state index contributed by atoms with van der Waals surface area (Å²) in [6.45, 7) is 1.61. The number of carbonyl (C=O) groups excluding carboxylic acids is 3. The van der Waals surface area contributed by atoms with Crippen LogP contribution in [0, 0.1) is 12.7 Å². The number of hydrogen-bond donors (Lipinski definition) is 1. The lowest BCUT2D eigenvalue weighted by Gasteiger charge is -2.20. The van der Waals surface area contributed by atoms with E-state index in [1.54, 1.807) is 30.3 Å². The van der Waals surface area contributed by atoms with E-state index in [2.05, 4.69) is 15.7 Å².